The van der Waals surface area contributed by atoms with Gasteiger partial charge in [0.05, 0.1) is 24.7 Å². The van der Waals surface area contributed by atoms with Gasteiger partial charge in [0.1, 0.15) is 5.41 Å². The van der Waals surface area contributed by atoms with E-state index in [4.69, 9.17) is 10.5 Å². The summed E-state index contributed by atoms with van der Waals surface area (Å²) in [5, 5.41) is 12.1. The first-order valence-corrected chi connectivity index (χ1v) is 6.77. The van der Waals surface area contributed by atoms with Crippen LogP contribution in [0.5, 0.6) is 0 Å². The Morgan fingerprint density at radius 1 is 1.42 bits per heavy atom. The van der Waals surface area contributed by atoms with Gasteiger partial charge in [-0.15, -0.1) is 0 Å². The van der Waals surface area contributed by atoms with Crippen LogP contribution in [0.15, 0.2) is 0 Å². The number of amides is 1. The molecular weight excluding hydrogens is 248 g/mol. The summed E-state index contributed by atoms with van der Waals surface area (Å²) in [6, 6.07) is -0.485. The summed E-state index contributed by atoms with van der Waals surface area (Å²) in [7, 11) is 0. The van der Waals surface area contributed by atoms with Gasteiger partial charge in [-0.05, 0) is 19.8 Å². The molecule has 6 heteroatoms. The highest BCUT2D eigenvalue weighted by molar-refractivity contribution is 5.85. The molecule has 2 fully saturated rings. The number of carbonyl (C=O) groups is 2. The fourth-order valence-corrected chi connectivity index (χ4v) is 2.97. The highest BCUT2D eigenvalue weighted by atomic mass is 16.5. The van der Waals surface area contributed by atoms with Gasteiger partial charge in [0, 0.05) is 6.54 Å². The first-order chi connectivity index (χ1) is 8.94. The molecule has 0 bridgehead atoms. The molecule has 4 N–H and O–H groups in total. The SMILES string of the molecule is CC1(C(=O)O)COCC1NC(=O)C1(CN)CCCC1. The molecule has 1 saturated carbocycles. The summed E-state index contributed by atoms with van der Waals surface area (Å²) in [5.74, 6) is -1.06. The fourth-order valence-electron chi connectivity index (χ4n) is 2.97. The molecule has 2 atom stereocenters. The van der Waals surface area contributed by atoms with Crippen molar-refractivity contribution in [3.05, 3.63) is 0 Å². The van der Waals surface area contributed by atoms with Crippen LogP contribution in [0, 0.1) is 10.8 Å². The van der Waals surface area contributed by atoms with Gasteiger partial charge in [-0.3, -0.25) is 9.59 Å². The normalized spacial score (nSPS) is 33.3. The number of nitrogens with one attached hydrogen (secondary N) is 1. The number of nitrogens with two attached hydrogens (primary N) is 1. The molecule has 0 aromatic heterocycles. The fraction of sp³-hybridized carbons (Fsp3) is 0.846. The van der Waals surface area contributed by atoms with E-state index < -0.39 is 22.8 Å². The largest absolute Gasteiger partial charge is 0.481 e. The van der Waals surface area contributed by atoms with Crippen molar-refractivity contribution in [1.82, 2.24) is 5.32 Å². The van der Waals surface area contributed by atoms with E-state index in [2.05, 4.69) is 5.32 Å². The summed E-state index contributed by atoms with van der Waals surface area (Å²) in [5.41, 5.74) is 4.20. The first kappa shape index (κ1) is 14.3. The second kappa shape index (κ2) is 5.09. The second-order valence-electron chi connectivity index (χ2n) is 5.96. The predicted octanol–water partition coefficient (Wildman–Crippen LogP) is 0.111. The molecule has 19 heavy (non-hydrogen) atoms. The van der Waals surface area contributed by atoms with Gasteiger partial charge in [0.15, 0.2) is 0 Å². The van der Waals surface area contributed by atoms with E-state index in [1.165, 1.54) is 0 Å². The minimum Gasteiger partial charge on any atom is -0.481 e. The lowest BCUT2D eigenvalue weighted by molar-refractivity contribution is -0.149. The number of carbonyl (C=O) groups excluding carboxylic acids is 1. The number of hydrogen-bond acceptors (Lipinski definition) is 4. The minimum absolute atomic E-state index is 0.115. The Morgan fingerprint density at radius 2 is 2.05 bits per heavy atom. The molecular formula is C13H22N2O4. The van der Waals surface area contributed by atoms with E-state index in [0.717, 1.165) is 25.7 Å². The molecule has 1 aliphatic carbocycles. The third kappa shape index (κ3) is 2.34. The lowest BCUT2D eigenvalue weighted by Crippen LogP contribution is -2.54. The Hall–Kier alpha value is -1.14. The molecule has 108 valence electrons. The van der Waals surface area contributed by atoms with Crippen molar-refractivity contribution in [3.8, 4) is 0 Å². The average Bonchev–Trinajstić information content (AvgIpc) is 2.98. The Balaban J connectivity index is 2.08. The highest BCUT2D eigenvalue weighted by Crippen LogP contribution is 2.38. The number of carboxylic acid groups (broad SMARTS) is 1. The summed E-state index contributed by atoms with van der Waals surface area (Å²) in [6.45, 7) is 2.30. The van der Waals surface area contributed by atoms with E-state index in [-0.39, 0.29) is 19.1 Å². The number of hydrogen-bond donors (Lipinski definition) is 3. The molecule has 0 radical (unpaired) electrons. The molecule has 1 amide bonds. The monoisotopic (exact) mass is 270 g/mol. The van der Waals surface area contributed by atoms with Crippen LogP contribution in [0.4, 0.5) is 0 Å². The standard InChI is InChI=1S/C13H22N2O4/c1-12(11(17)18)8-19-6-9(12)15-10(16)13(7-14)4-2-3-5-13/h9H,2-8,14H2,1H3,(H,15,16)(H,17,18). The second-order valence-corrected chi connectivity index (χ2v) is 5.96. The Morgan fingerprint density at radius 3 is 2.58 bits per heavy atom. The van der Waals surface area contributed by atoms with Crippen molar-refractivity contribution in [2.75, 3.05) is 19.8 Å². The number of ether oxygens (including phenoxy) is 1. The van der Waals surface area contributed by atoms with Crippen LogP contribution in [0.3, 0.4) is 0 Å². The van der Waals surface area contributed by atoms with Crippen molar-refractivity contribution in [2.24, 2.45) is 16.6 Å². The van der Waals surface area contributed by atoms with E-state index in [0.29, 0.717) is 6.54 Å². The van der Waals surface area contributed by atoms with Crippen LogP contribution in [0.2, 0.25) is 0 Å². The van der Waals surface area contributed by atoms with Crippen molar-refractivity contribution in [3.63, 3.8) is 0 Å². The van der Waals surface area contributed by atoms with Crippen molar-refractivity contribution in [1.29, 1.82) is 0 Å². The van der Waals surface area contributed by atoms with Gasteiger partial charge in [0.25, 0.3) is 0 Å². The topological polar surface area (TPSA) is 102 Å². The zero-order chi connectivity index (χ0) is 14.1. The quantitative estimate of drug-likeness (QED) is 0.673. The van der Waals surface area contributed by atoms with Crippen molar-refractivity contribution in [2.45, 2.75) is 38.6 Å². The van der Waals surface area contributed by atoms with Crippen molar-refractivity contribution < 1.29 is 19.4 Å². The lowest BCUT2D eigenvalue weighted by atomic mass is 9.82. The third-order valence-electron chi connectivity index (χ3n) is 4.68. The van der Waals surface area contributed by atoms with E-state index in [9.17, 15) is 14.7 Å². The smallest absolute Gasteiger partial charge is 0.313 e. The number of rotatable bonds is 4. The zero-order valence-electron chi connectivity index (χ0n) is 11.3. The third-order valence-corrected chi connectivity index (χ3v) is 4.68. The Bertz CT molecular complexity index is 379. The van der Waals surface area contributed by atoms with Gasteiger partial charge in [0.2, 0.25) is 5.91 Å². The molecule has 0 spiro atoms. The summed E-state index contributed by atoms with van der Waals surface area (Å²) < 4.78 is 5.24. The molecule has 2 aliphatic rings. The minimum atomic E-state index is -1.05. The van der Waals surface area contributed by atoms with Gasteiger partial charge < -0.3 is 20.9 Å². The van der Waals surface area contributed by atoms with Crippen LogP contribution in [-0.2, 0) is 14.3 Å². The maximum Gasteiger partial charge on any atom is 0.313 e. The number of carboxylic acids is 1. The summed E-state index contributed by atoms with van der Waals surface area (Å²) in [4.78, 5) is 23.8. The van der Waals surface area contributed by atoms with Crippen LogP contribution in [0.1, 0.15) is 32.6 Å². The maximum atomic E-state index is 12.4. The van der Waals surface area contributed by atoms with Crippen molar-refractivity contribution >= 4 is 11.9 Å². The summed E-state index contributed by atoms with van der Waals surface area (Å²) in [6.07, 6.45) is 3.57. The first-order valence-electron chi connectivity index (χ1n) is 6.77. The molecule has 2 unspecified atom stereocenters. The molecule has 6 nitrogen and oxygen atoms in total. The molecule has 1 saturated heterocycles. The molecule has 2 rings (SSSR count). The van der Waals surface area contributed by atoms with E-state index >= 15 is 0 Å². The van der Waals surface area contributed by atoms with Crippen LogP contribution >= 0.6 is 0 Å². The van der Waals surface area contributed by atoms with Gasteiger partial charge >= 0.3 is 5.97 Å². The Labute approximate surface area is 112 Å². The molecule has 0 aromatic rings. The van der Waals surface area contributed by atoms with E-state index in [1.807, 2.05) is 0 Å². The van der Waals surface area contributed by atoms with Crippen LogP contribution < -0.4 is 11.1 Å². The average molecular weight is 270 g/mol. The van der Waals surface area contributed by atoms with E-state index in [1.54, 1.807) is 6.92 Å². The van der Waals surface area contributed by atoms with Crippen LogP contribution in [0.25, 0.3) is 0 Å². The Kier molecular flexibility index (Phi) is 3.82. The van der Waals surface area contributed by atoms with Gasteiger partial charge in [-0.25, -0.2) is 0 Å². The van der Waals surface area contributed by atoms with Gasteiger partial charge in [-0.1, -0.05) is 12.8 Å². The van der Waals surface area contributed by atoms with Gasteiger partial charge in [-0.2, -0.15) is 0 Å². The highest BCUT2D eigenvalue weighted by Gasteiger charge is 2.49. The number of aliphatic carboxylic acids is 1. The zero-order valence-corrected chi connectivity index (χ0v) is 11.3. The maximum absolute atomic E-state index is 12.4. The summed E-state index contributed by atoms with van der Waals surface area (Å²) >= 11 is 0. The molecule has 0 aromatic carbocycles. The predicted molar refractivity (Wildman–Crippen MR) is 68.4 cm³/mol. The lowest BCUT2D eigenvalue weighted by Gasteiger charge is -2.31. The molecule has 1 aliphatic heterocycles. The molecule has 1 heterocycles. The van der Waals surface area contributed by atoms with Crippen LogP contribution in [-0.4, -0.2) is 42.8 Å².